The van der Waals surface area contributed by atoms with E-state index < -0.39 is 0 Å². The number of aryl methyl sites for hydroxylation is 1. The quantitative estimate of drug-likeness (QED) is 0.655. The minimum atomic E-state index is 0.0679. The molecule has 2 aromatic rings. The Morgan fingerprint density at radius 1 is 1.20 bits per heavy atom. The van der Waals surface area contributed by atoms with Gasteiger partial charge in [-0.2, -0.15) is 0 Å². The van der Waals surface area contributed by atoms with E-state index in [2.05, 4.69) is 47.1 Å². The zero-order valence-corrected chi connectivity index (χ0v) is 13.2. The summed E-state index contributed by atoms with van der Waals surface area (Å²) in [6.07, 6.45) is 1.03. The largest absolute Gasteiger partial charge is 0.384 e. The third kappa shape index (κ3) is 3.02. The predicted molar refractivity (Wildman–Crippen MR) is 89.0 cm³/mol. The molecule has 0 aromatic heterocycles. The van der Waals surface area contributed by atoms with Crippen LogP contribution in [0.15, 0.2) is 46.9 Å². The molecule has 3 nitrogen and oxygen atoms in total. The normalized spacial score (nSPS) is 10.3. The Labute approximate surface area is 128 Å². The van der Waals surface area contributed by atoms with E-state index in [4.69, 9.17) is 11.1 Å². The monoisotopic (exact) mass is 331 g/mol. The highest BCUT2D eigenvalue weighted by Gasteiger charge is 2.12. The van der Waals surface area contributed by atoms with Gasteiger partial charge in [0.2, 0.25) is 0 Å². The first-order valence-corrected chi connectivity index (χ1v) is 7.29. The van der Waals surface area contributed by atoms with Gasteiger partial charge in [0, 0.05) is 22.8 Å². The van der Waals surface area contributed by atoms with Crippen molar-refractivity contribution in [3.63, 3.8) is 0 Å². The summed E-state index contributed by atoms with van der Waals surface area (Å²) in [4.78, 5) is 2.04. The van der Waals surface area contributed by atoms with Crippen molar-refractivity contribution in [3.8, 4) is 0 Å². The van der Waals surface area contributed by atoms with Crippen LogP contribution < -0.4 is 10.6 Å². The summed E-state index contributed by atoms with van der Waals surface area (Å²) in [6, 6.07) is 14.2. The van der Waals surface area contributed by atoms with Crippen LogP contribution in [0.2, 0.25) is 0 Å². The van der Waals surface area contributed by atoms with Crippen molar-refractivity contribution in [2.45, 2.75) is 13.3 Å². The number of nitrogens with zero attached hydrogens (tertiary/aromatic N) is 1. The first-order valence-electron chi connectivity index (χ1n) is 6.49. The van der Waals surface area contributed by atoms with Crippen molar-refractivity contribution in [1.82, 2.24) is 0 Å². The van der Waals surface area contributed by atoms with Gasteiger partial charge in [0.05, 0.1) is 5.69 Å². The van der Waals surface area contributed by atoms with Crippen LogP contribution in [0.4, 0.5) is 11.4 Å². The summed E-state index contributed by atoms with van der Waals surface area (Å²) < 4.78 is 0.918. The number of halogens is 1. The molecule has 0 bridgehead atoms. The van der Waals surface area contributed by atoms with Crippen molar-refractivity contribution in [2.75, 3.05) is 11.9 Å². The summed E-state index contributed by atoms with van der Waals surface area (Å²) in [5, 5.41) is 7.72. The Hall–Kier alpha value is -1.81. The minimum Gasteiger partial charge on any atom is -0.384 e. The lowest BCUT2D eigenvalue weighted by Gasteiger charge is -2.22. The van der Waals surface area contributed by atoms with Crippen LogP contribution >= 0.6 is 15.9 Å². The lowest BCUT2D eigenvalue weighted by Crippen LogP contribution is -2.18. The number of anilines is 2. The molecule has 0 aliphatic rings. The van der Waals surface area contributed by atoms with Crippen molar-refractivity contribution < 1.29 is 0 Å². The van der Waals surface area contributed by atoms with Gasteiger partial charge in [-0.1, -0.05) is 35.0 Å². The van der Waals surface area contributed by atoms with E-state index in [1.807, 2.05) is 30.1 Å². The molecule has 20 heavy (non-hydrogen) atoms. The molecule has 0 radical (unpaired) electrons. The van der Waals surface area contributed by atoms with Crippen molar-refractivity contribution >= 4 is 33.1 Å². The second kappa shape index (κ2) is 6.09. The van der Waals surface area contributed by atoms with Gasteiger partial charge in [-0.3, -0.25) is 5.41 Å². The van der Waals surface area contributed by atoms with Crippen LogP contribution in [-0.2, 0) is 6.42 Å². The molecule has 2 rings (SSSR count). The highest BCUT2D eigenvalue weighted by atomic mass is 79.9. The van der Waals surface area contributed by atoms with Gasteiger partial charge >= 0.3 is 0 Å². The first kappa shape index (κ1) is 14.6. The molecule has 0 atom stereocenters. The molecular formula is C16H18BrN3. The Morgan fingerprint density at radius 3 is 2.40 bits per heavy atom. The third-order valence-electron chi connectivity index (χ3n) is 3.34. The molecule has 0 aliphatic carbocycles. The fraction of sp³-hybridized carbons (Fsp3) is 0.188. The molecule has 0 saturated carbocycles. The molecule has 0 spiro atoms. The highest BCUT2D eigenvalue weighted by molar-refractivity contribution is 9.10. The second-order valence-electron chi connectivity index (χ2n) is 4.65. The maximum absolute atomic E-state index is 7.72. The Morgan fingerprint density at radius 2 is 1.85 bits per heavy atom. The van der Waals surface area contributed by atoms with E-state index >= 15 is 0 Å². The lowest BCUT2D eigenvalue weighted by atomic mass is 10.1. The number of hydrogen-bond donors (Lipinski definition) is 2. The van der Waals surface area contributed by atoms with E-state index in [1.165, 1.54) is 5.56 Å². The SMILES string of the molecule is CCc1ccc(N(C)c2ccc(Br)cc2C(=N)N)cc1. The Kier molecular flexibility index (Phi) is 4.45. The van der Waals surface area contributed by atoms with E-state index in [9.17, 15) is 0 Å². The van der Waals surface area contributed by atoms with Gasteiger partial charge in [0.1, 0.15) is 5.84 Å². The molecule has 0 aliphatic heterocycles. The number of nitrogen functional groups attached to an aromatic ring is 1. The summed E-state index contributed by atoms with van der Waals surface area (Å²) in [7, 11) is 1.98. The predicted octanol–water partition coefficient (Wildman–Crippen LogP) is 4.06. The molecule has 0 heterocycles. The van der Waals surface area contributed by atoms with Crippen LogP contribution in [0.5, 0.6) is 0 Å². The number of hydrogen-bond acceptors (Lipinski definition) is 2. The van der Waals surface area contributed by atoms with Crippen LogP contribution in [-0.4, -0.2) is 12.9 Å². The standard InChI is InChI=1S/C16H18BrN3/c1-3-11-4-7-13(8-5-11)20(2)15-9-6-12(17)10-14(15)16(18)19/h4-10H,3H2,1-2H3,(H3,18,19). The van der Waals surface area contributed by atoms with E-state index in [0.29, 0.717) is 0 Å². The van der Waals surface area contributed by atoms with Crippen molar-refractivity contribution in [2.24, 2.45) is 5.73 Å². The summed E-state index contributed by atoms with van der Waals surface area (Å²) in [5.41, 5.74) is 9.71. The van der Waals surface area contributed by atoms with Gasteiger partial charge in [0.25, 0.3) is 0 Å². The molecular weight excluding hydrogens is 314 g/mol. The molecule has 4 heteroatoms. The molecule has 104 valence electrons. The van der Waals surface area contributed by atoms with Crippen LogP contribution in [0, 0.1) is 5.41 Å². The number of rotatable bonds is 4. The van der Waals surface area contributed by atoms with Gasteiger partial charge < -0.3 is 10.6 Å². The summed E-state index contributed by atoms with van der Waals surface area (Å²) >= 11 is 3.42. The van der Waals surface area contributed by atoms with Gasteiger partial charge in [-0.05, 0) is 42.3 Å². The Bertz CT molecular complexity index is 620. The average Bonchev–Trinajstić information content (AvgIpc) is 2.46. The fourth-order valence-corrected chi connectivity index (χ4v) is 2.47. The molecule has 0 amide bonds. The van der Waals surface area contributed by atoms with Crippen LogP contribution in [0.3, 0.4) is 0 Å². The van der Waals surface area contributed by atoms with Crippen LogP contribution in [0.1, 0.15) is 18.1 Å². The first-order chi connectivity index (χ1) is 9.52. The number of nitrogens with one attached hydrogen (secondary N) is 1. The van der Waals surface area contributed by atoms with Crippen molar-refractivity contribution in [3.05, 3.63) is 58.1 Å². The van der Waals surface area contributed by atoms with Gasteiger partial charge in [-0.15, -0.1) is 0 Å². The smallest absolute Gasteiger partial charge is 0.124 e. The third-order valence-corrected chi connectivity index (χ3v) is 3.84. The maximum Gasteiger partial charge on any atom is 0.124 e. The highest BCUT2D eigenvalue weighted by Crippen LogP contribution is 2.29. The maximum atomic E-state index is 7.72. The van der Waals surface area contributed by atoms with Crippen LogP contribution in [0.25, 0.3) is 0 Å². The zero-order valence-electron chi connectivity index (χ0n) is 11.7. The average molecular weight is 332 g/mol. The minimum absolute atomic E-state index is 0.0679. The second-order valence-corrected chi connectivity index (χ2v) is 5.57. The number of nitrogens with two attached hydrogens (primary N) is 1. The molecule has 0 unspecified atom stereocenters. The van der Waals surface area contributed by atoms with E-state index in [0.717, 1.165) is 27.8 Å². The lowest BCUT2D eigenvalue weighted by molar-refractivity contribution is 1.13. The van der Waals surface area contributed by atoms with E-state index in [-0.39, 0.29) is 5.84 Å². The molecule has 3 N–H and O–H groups in total. The van der Waals surface area contributed by atoms with Gasteiger partial charge in [-0.25, -0.2) is 0 Å². The zero-order chi connectivity index (χ0) is 14.7. The number of benzene rings is 2. The molecule has 0 fully saturated rings. The molecule has 0 saturated heterocycles. The summed E-state index contributed by atoms with van der Waals surface area (Å²) in [6.45, 7) is 2.14. The fourth-order valence-electron chi connectivity index (χ4n) is 2.11. The summed E-state index contributed by atoms with van der Waals surface area (Å²) in [5.74, 6) is 0.0679. The van der Waals surface area contributed by atoms with Crippen molar-refractivity contribution in [1.29, 1.82) is 5.41 Å². The Balaban J connectivity index is 2.41. The van der Waals surface area contributed by atoms with E-state index in [1.54, 1.807) is 0 Å². The molecule has 2 aromatic carbocycles. The van der Waals surface area contributed by atoms with Gasteiger partial charge in [0.15, 0.2) is 0 Å². The number of amidine groups is 1. The topological polar surface area (TPSA) is 53.1 Å².